The van der Waals surface area contributed by atoms with Crippen LogP contribution in [0.3, 0.4) is 0 Å². The van der Waals surface area contributed by atoms with Crippen LogP contribution in [0, 0.1) is 0 Å². The van der Waals surface area contributed by atoms with Gasteiger partial charge in [-0.05, 0) is 6.07 Å². The van der Waals surface area contributed by atoms with Gasteiger partial charge in [-0.2, -0.15) is 5.21 Å². The van der Waals surface area contributed by atoms with Gasteiger partial charge in [-0.25, -0.2) is 4.98 Å². The number of aromatic nitrogens is 5. The second-order valence-corrected chi connectivity index (χ2v) is 2.65. The minimum absolute atomic E-state index is 0.475. The first-order chi connectivity index (χ1) is 6.84. The Morgan fingerprint density at radius 3 is 3.14 bits per heavy atom. The van der Waals surface area contributed by atoms with Crippen molar-refractivity contribution in [1.29, 1.82) is 0 Å². The SMILES string of the molecule is Nc1cc(NCc2nn[nH]n2)ccn1. The first-order valence-electron chi connectivity index (χ1n) is 4.02. The molecule has 2 rings (SSSR count). The van der Waals surface area contributed by atoms with Crippen molar-refractivity contribution in [3.63, 3.8) is 0 Å². The van der Waals surface area contributed by atoms with Crippen LogP contribution in [0.1, 0.15) is 5.82 Å². The van der Waals surface area contributed by atoms with Crippen molar-refractivity contribution in [2.24, 2.45) is 0 Å². The third kappa shape index (κ3) is 1.94. The number of hydrogen-bond donors (Lipinski definition) is 3. The summed E-state index contributed by atoms with van der Waals surface area (Å²) in [6.07, 6.45) is 1.63. The Labute approximate surface area is 79.7 Å². The van der Waals surface area contributed by atoms with Crippen LogP contribution in [0.2, 0.25) is 0 Å². The van der Waals surface area contributed by atoms with Crippen LogP contribution < -0.4 is 11.1 Å². The first kappa shape index (κ1) is 8.42. The molecule has 0 saturated carbocycles. The predicted octanol–water partition coefficient (Wildman–Crippen LogP) is -0.211. The van der Waals surface area contributed by atoms with E-state index in [1.54, 1.807) is 12.3 Å². The average molecular weight is 191 g/mol. The van der Waals surface area contributed by atoms with E-state index in [1.165, 1.54) is 0 Å². The molecule has 4 N–H and O–H groups in total. The Morgan fingerprint density at radius 1 is 1.50 bits per heavy atom. The molecule has 7 heteroatoms. The molecule has 0 aliphatic carbocycles. The van der Waals surface area contributed by atoms with E-state index in [4.69, 9.17) is 5.73 Å². The normalized spacial score (nSPS) is 10.0. The Morgan fingerprint density at radius 2 is 2.43 bits per heavy atom. The van der Waals surface area contributed by atoms with E-state index in [0.717, 1.165) is 5.69 Å². The molecule has 2 heterocycles. The van der Waals surface area contributed by atoms with Crippen LogP contribution in [0.4, 0.5) is 11.5 Å². The molecular weight excluding hydrogens is 182 g/mol. The van der Waals surface area contributed by atoms with Crippen LogP contribution in [0.15, 0.2) is 18.3 Å². The highest BCUT2D eigenvalue weighted by Gasteiger charge is 1.97. The zero-order chi connectivity index (χ0) is 9.80. The van der Waals surface area contributed by atoms with Gasteiger partial charge in [0, 0.05) is 18.0 Å². The van der Waals surface area contributed by atoms with Gasteiger partial charge in [0.2, 0.25) is 0 Å². The smallest absolute Gasteiger partial charge is 0.193 e. The highest BCUT2D eigenvalue weighted by atomic mass is 15.5. The number of nitrogens with one attached hydrogen (secondary N) is 2. The van der Waals surface area contributed by atoms with Gasteiger partial charge >= 0.3 is 0 Å². The van der Waals surface area contributed by atoms with Gasteiger partial charge < -0.3 is 11.1 Å². The molecule has 0 aromatic carbocycles. The molecule has 0 aliphatic rings. The van der Waals surface area contributed by atoms with E-state index < -0.39 is 0 Å². The van der Waals surface area contributed by atoms with Crippen molar-refractivity contribution in [3.05, 3.63) is 24.2 Å². The maximum Gasteiger partial charge on any atom is 0.193 e. The van der Waals surface area contributed by atoms with Gasteiger partial charge in [0.1, 0.15) is 5.82 Å². The topological polar surface area (TPSA) is 105 Å². The van der Waals surface area contributed by atoms with E-state index in [9.17, 15) is 0 Å². The average Bonchev–Trinajstić information content (AvgIpc) is 2.67. The summed E-state index contributed by atoms with van der Waals surface area (Å²) in [5.74, 6) is 1.07. The Balaban J connectivity index is 1.98. The summed E-state index contributed by atoms with van der Waals surface area (Å²) in [5, 5.41) is 16.5. The number of nitrogens with zero attached hydrogens (tertiary/aromatic N) is 4. The van der Waals surface area contributed by atoms with Crippen LogP contribution >= 0.6 is 0 Å². The van der Waals surface area contributed by atoms with Crippen molar-refractivity contribution in [1.82, 2.24) is 25.6 Å². The summed E-state index contributed by atoms with van der Waals surface area (Å²) in [4.78, 5) is 3.87. The molecule has 0 aliphatic heterocycles. The van der Waals surface area contributed by atoms with Gasteiger partial charge in [-0.3, -0.25) is 0 Å². The number of aromatic amines is 1. The number of nitrogens with two attached hydrogens (primary N) is 1. The van der Waals surface area contributed by atoms with E-state index in [2.05, 4.69) is 30.9 Å². The summed E-state index contributed by atoms with van der Waals surface area (Å²) in [7, 11) is 0. The molecule has 7 nitrogen and oxygen atoms in total. The lowest BCUT2D eigenvalue weighted by Gasteiger charge is -2.02. The Bertz CT molecular complexity index is 396. The molecule has 0 saturated heterocycles. The molecule has 14 heavy (non-hydrogen) atoms. The van der Waals surface area contributed by atoms with E-state index in [1.807, 2.05) is 6.07 Å². The second kappa shape index (κ2) is 3.69. The lowest BCUT2D eigenvalue weighted by atomic mass is 10.4. The maximum atomic E-state index is 5.51. The largest absolute Gasteiger partial charge is 0.384 e. The quantitative estimate of drug-likeness (QED) is 0.619. The zero-order valence-electron chi connectivity index (χ0n) is 7.31. The minimum Gasteiger partial charge on any atom is -0.384 e. The van der Waals surface area contributed by atoms with Crippen LogP contribution in [-0.2, 0) is 6.54 Å². The lowest BCUT2D eigenvalue weighted by Crippen LogP contribution is -2.02. The number of H-pyrrole nitrogens is 1. The Kier molecular flexibility index (Phi) is 2.22. The number of pyridine rings is 1. The molecule has 0 unspecified atom stereocenters. The first-order valence-corrected chi connectivity index (χ1v) is 4.02. The monoisotopic (exact) mass is 191 g/mol. The number of tetrazole rings is 1. The summed E-state index contributed by atoms with van der Waals surface area (Å²) in [5.41, 5.74) is 6.38. The van der Waals surface area contributed by atoms with Crippen LogP contribution in [0.5, 0.6) is 0 Å². The van der Waals surface area contributed by atoms with Gasteiger partial charge in [0.15, 0.2) is 5.82 Å². The zero-order valence-corrected chi connectivity index (χ0v) is 7.31. The highest BCUT2D eigenvalue weighted by Crippen LogP contribution is 2.09. The fourth-order valence-corrected chi connectivity index (χ4v) is 0.997. The third-order valence-electron chi connectivity index (χ3n) is 1.62. The molecule has 0 spiro atoms. The number of anilines is 2. The molecule has 0 fully saturated rings. The fraction of sp³-hybridized carbons (Fsp3) is 0.143. The summed E-state index contributed by atoms with van der Waals surface area (Å²) in [6.45, 7) is 0.500. The summed E-state index contributed by atoms with van der Waals surface area (Å²) in [6, 6.07) is 3.55. The molecule has 0 atom stereocenters. The van der Waals surface area contributed by atoms with E-state index in [-0.39, 0.29) is 0 Å². The van der Waals surface area contributed by atoms with Gasteiger partial charge in [0.25, 0.3) is 0 Å². The molecule has 72 valence electrons. The van der Waals surface area contributed by atoms with Crippen molar-refractivity contribution < 1.29 is 0 Å². The molecule has 0 amide bonds. The van der Waals surface area contributed by atoms with Crippen LogP contribution in [0.25, 0.3) is 0 Å². The molecular formula is C7H9N7. The summed E-state index contributed by atoms with van der Waals surface area (Å²) >= 11 is 0. The third-order valence-corrected chi connectivity index (χ3v) is 1.62. The number of hydrogen-bond acceptors (Lipinski definition) is 6. The van der Waals surface area contributed by atoms with Gasteiger partial charge in [-0.1, -0.05) is 5.21 Å². The van der Waals surface area contributed by atoms with E-state index in [0.29, 0.717) is 18.2 Å². The van der Waals surface area contributed by atoms with Crippen molar-refractivity contribution >= 4 is 11.5 Å². The Hall–Kier alpha value is -2.18. The molecule has 2 aromatic rings. The van der Waals surface area contributed by atoms with Crippen molar-refractivity contribution in [2.75, 3.05) is 11.1 Å². The van der Waals surface area contributed by atoms with Crippen LogP contribution in [-0.4, -0.2) is 25.6 Å². The number of nitrogen functional groups attached to an aromatic ring is 1. The minimum atomic E-state index is 0.475. The van der Waals surface area contributed by atoms with Crippen molar-refractivity contribution in [2.45, 2.75) is 6.54 Å². The molecule has 0 radical (unpaired) electrons. The van der Waals surface area contributed by atoms with Gasteiger partial charge in [0.05, 0.1) is 6.54 Å². The van der Waals surface area contributed by atoms with E-state index >= 15 is 0 Å². The maximum absolute atomic E-state index is 5.51. The molecule has 2 aromatic heterocycles. The predicted molar refractivity (Wildman–Crippen MR) is 50.2 cm³/mol. The standard InChI is InChI=1S/C7H9N7/c8-6-3-5(1-2-9-6)10-4-7-11-13-14-12-7/h1-3H,4H2,(H3,8,9,10)(H,11,12,13,14). The highest BCUT2D eigenvalue weighted by molar-refractivity contribution is 5.49. The van der Waals surface area contributed by atoms with Gasteiger partial charge in [-0.15, -0.1) is 10.2 Å². The summed E-state index contributed by atoms with van der Waals surface area (Å²) < 4.78 is 0. The fourth-order valence-electron chi connectivity index (χ4n) is 0.997. The number of rotatable bonds is 3. The second-order valence-electron chi connectivity index (χ2n) is 2.65. The molecule has 0 bridgehead atoms. The lowest BCUT2D eigenvalue weighted by molar-refractivity contribution is 0.881. The van der Waals surface area contributed by atoms with Crippen molar-refractivity contribution in [3.8, 4) is 0 Å².